The van der Waals surface area contributed by atoms with E-state index in [0.29, 0.717) is 0 Å². The van der Waals surface area contributed by atoms with Crippen LogP contribution in [0.4, 0.5) is 5.69 Å². The van der Waals surface area contributed by atoms with E-state index in [4.69, 9.17) is 5.26 Å². The molecule has 0 fully saturated rings. The minimum absolute atomic E-state index is 0.271. The van der Waals surface area contributed by atoms with Crippen LogP contribution in [0.5, 0.6) is 0 Å². The number of nitrogens with one attached hydrogen (secondary N) is 1. The largest absolute Gasteiger partial charge is 0.367 e. The van der Waals surface area contributed by atoms with Crippen LogP contribution in [0.15, 0.2) is 30.3 Å². The second-order valence-electron chi connectivity index (χ2n) is 3.96. The monoisotopic (exact) mass is 188 g/mol. The molecule has 74 valence electrons. The van der Waals surface area contributed by atoms with E-state index in [2.05, 4.69) is 11.4 Å². The number of hydrogen-bond donors (Lipinski definition) is 1. The Labute approximate surface area is 85.6 Å². The molecule has 0 aliphatic carbocycles. The van der Waals surface area contributed by atoms with Crippen LogP contribution in [-0.4, -0.2) is 5.54 Å². The molecule has 0 radical (unpaired) electrons. The van der Waals surface area contributed by atoms with Gasteiger partial charge in [0.25, 0.3) is 0 Å². The van der Waals surface area contributed by atoms with Crippen LogP contribution < -0.4 is 5.32 Å². The van der Waals surface area contributed by atoms with Crippen molar-refractivity contribution in [3.8, 4) is 6.07 Å². The lowest BCUT2D eigenvalue weighted by Gasteiger charge is -2.28. The minimum atomic E-state index is -0.499. The molecule has 1 aromatic carbocycles. The first-order valence-corrected chi connectivity index (χ1v) is 4.83. The summed E-state index contributed by atoms with van der Waals surface area (Å²) in [5, 5.41) is 12.3. The highest BCUT2D eigenvalue weighted by Crippen LogP contribution is 2.21. The van der Waals surface area contributed by atoms with Crippen molar-refractivity contribution in [2.45, 2.75) is 26.3 Å². The summed E-state index contributed by atoms with van der Waals surface area (Å²) in [5.41, 5.74) is 0.492. The summed E-state index contributed by atoms with van der Waals surface area (Å²) in [6, 6.07) is 12.1. The van der Waals surface area contributed by atoms with E-state index >= 15 is 0 Å². The molecule has 0 aliphatic heterocycles. The molecule has 0 saturated heterocycles. The minimum Gasteiger partial charge on any atom is -0.367 e. The lowest BCUT2D eigenvalue weighted by atomic mass is 9.90. The zero-order valence-electron chi connectivity index (χ0n) is 8.91. The van der Waals surface area contributed by atoms with Gasteiger partial charge >= 0.3 is 0 Å². The quantitative estimate of drug-likeness (QED) is 0.791. The second-order valence-corrected chi connectivity index (χ2v) is 3.96. The van der Waals surface area contributed by atoms with Gasteiger partial charge in [-0.05, 0) is 25.0 Å². The van der Waals surface area contributed by atoms with Gasteiger partial charge in [-0.1, -0.05) is 32.0 Å². The third kappa shape index (κ3) is 2.26. The van der Waals surface area contributed by atoms with Gasteiger partial charge in [0, 0.05) is 5.69 Å². The Morgan fingerprint density at radius 3 is 2.29 bits per heavy atom. The van der Waals surface area contributed by atoms with Gasteiger partial charge in [0.1, 0.15) is 5.54 Å². The maximum atomic E-state index is 9.10. The third-order valence-corrected chi connectivity index (χ3v) is 2.56. The lowest BCUT2D eigenvalue weighted by molar-refractivity contribution is 0.464. The highest BCUT2D eigenvalue weighted by molar-refractivity contribution is 5.47. The van der Waals surface area contributed by atoms with Gasteiger partial charge in [0.05, 0.1) is 6.07 Å². The number of para-hydroxylation sites is 1. The van der Waals surface area contributed by atoms with E-state index in [-0.39, 0.29) is 5.92 Å². The normalized spacial score (nSPS) is 14.5. The average molecular weight is 188 g/mol. The van der Waals surface area contributed by atoms with E-state index in [1.807, 2.05) is 51.1 Å². The van der Waals surface area contributed by atoms with Crippen LogP contribution in [0.2, 0.25) is 0 Å². The van der Waals surface area contributed by atoms with Crippen molar-refractivity contribution >= 4 is 5.69 Å². The van der Waals surface area contributed by atoms with Crippen molar-refractivity contribution in [3.05, 3.63) is 30.3 Å². The molecule has 0 aromatic heterocycles. The molecule has 0 saturated carbocycles. The molecule has 1 rings (SSSR count). The smallest absolute Gasteiger partial charge is 0.124 e. The van der Waals surface area contributed by atoms with Crippen molar-refractivity contribution in [3.63, 3.8) is 0 Å². The molecular formula is C12H16N2. The molecule has 0 spiro atoms. The molecule has 1 aromatic rings. The fourth-order valence-electron chi connectivity index (χ4n) is 1.12. The summed E-state index contributed by atoms with van der Waals surface area (Å²) in [6.45, 7) is 6.00. The molecule has 2 nitrogen and oxygen atoms in total. The highest BCUT2D eigenvalue weighted by Gasteiger charge is 2.27. The predicted octanol–water partition coefficient (Wildman–Crippen LogP) is 3.04. The molecule has 0 unspecified atom stereocenters. The Kier molecular flexibility index (Phi) is 3.14. The number of hydrogen-bond acceptors (Lipinski definition) is 2. The average Bonchev–Trinajstić information content (AvgIpc) is 2.19. The van der Waals surface area contributed by atoms with Gasteiger partial charge in [-0.15, -0.1) is 0 Å². The van der Waals surface area contributed by atoms with Gasteiger partial charge in [-0.2, -0.15) is 5.26 Å². The first kappa shape index (κ1) is 10.6. The Morgan fingerprint density at radius 1 is 1.29 bits per heavy atom. The molecule has 0 heterocycles. The van der Waals surface area contributed by atoms with Crippen LogP contribution in [0, 0.1) is 17.2 Å². The number of nitriles is 1. The Hall–Kier alpha value is -1.49. The van der Waals surface area contributed by atoms with Gasteiger partial charge in [0.15, 0.2) is 0 Å². The van der Waals surface area contributed by atoms with Crippen molar-refractivity contribution in [1.82, 2.24) is 0 Å². The predicted molar refractivity (Wildman–Crippen MR) is 58.9 cm³/mol. The molecule has 1 atom stereocenters. The third-order valence-electron chi connectivity index (χ3n) is 2.56. The van der Waals surface area contributed by atoms with Crippen LogP contribution in [0.1, 0.15) is 20.8 Å². The molecular weight excluding hydrogens is 172 g/mol. The van der Waals surface area contributed by atoms with Crippen molar-refractivity contribution in [2.24, 2.45) is 5.92 Å². The summed E-state index contributed by atoms with van der Waals surface area (Å²) in [5.74, 6) is 0.271. The number of benzene rings is 1. The van der Waals surface area contributed by atoms with Crippen LogP contribution in [0.25, 0.3) is 0 Å². The molecule has 0 amide bonds. The van der Waals surface area contributed by atoms with Crippen molar-refractivity contribution in [1.29, 1.82) is 5.26 Å². The van der Waals surface area contributed by atoms with Crippen LogP contribution in [-0.2, 0) is 0 Å². The van der Waals surface area contributed by atoms with Gasteiger partial charge in [0.2, 0.25) is 0 Å². The maximum Gasteiger partial charge on any atom is 0.124 e. The molecule has 0 bridgehead atoms. The maximum absolute atomic E-state index is 9.10. The lowest BCUT2D eigenvalue weighted by Crippen LogP contribution is -2.38. The Morgan fingerprint density at radius 2 is 1.86 bits per heavy atom. The zero-order valence-corrected chi connectivity index (χ0v) is 8.91. The van der Waals surface area contributed by atoms with E-state index in [9.17, 15) is 0 Å². The van der Waals surface area contributed by atoms with E-state index in [1.165, 1.54) is 0 Å². The van der Waals surface area contributed by atoms with Gasteiger partial charge in [-0.3, -0.25) is 0 Å². The topological polar surface area (TPSA) is 35.8 Å². The van der Waals surface area contributed by atoms with E-state index in [1.54, 1.807) is 0 Å². The number of nitrogens with zero attached hydrogens (tertiary/aromatic N) is 1. The van der Waals surface area contributed by atoms with E-state index in [0.717, 1.165) is 5.69 Å². The second kappa shape index (κ2) is 4.15. The summed E-state index contributed by atoms with van der Waals surface area (Å²) >= 11 is 0. The van der Waals surface area contributed by atoms with E-state index < -0.39 is 5.54 Å². The Bertz CT molecular complexity index is 324. The fourth-order valence-corrected chi connectivity index (χ4v) is 1.12. The SMILES string of the molecule is CC(C)[C@](C)(C#N)Nc1ccccc1. The zero-order chi connectivity index (χ0) is 10.6. The molecule has 2 heteroatoms. The molecule has 14 heavy (non-hydrogen) atoms. The summed E-state index contributed by atoms with van der Waals surface area (Å²) < 4.78 is 0. The van der Waals surface area contributed by atoms with Crippen molar-refractivity contribution < 1.29 is 0 Å². The highest BCUT2D eigenvalue weighted by atomic mass is 15.0. The first-order valence-electron chi connectivity index (χ1n) is 4.83. The molecule has 1 N–H and O–H groups in total. The molecule has 0 aliphatic rings. The van der Waals surface area contributed by atoms with Crippen LogP contribution in [0.3, 0.4) is 0 Å². The summed E-state index contributed by atoms with van der Waals surface area (Å²) in [7, 11) is 0. The Balaban J connectivity index is 2.83. The first-order chi connectivity index (χ1) is 6.58. The van der Waals surface area contributed by atoms with Gasteiger partial charge in [-0.25, -0.2) is 0 Å². The van der Waals surface area contributed by atoms with Gasteiger partial charge < -0.3 is 5.32 Å². The standard InChI is InChI=1S/C12H16N2/c1-10(2)12(3,9-13)14-11-7-5-4-6-8-11/h4-8,10,14H,1-3H3/t12-/m0/s1. The fraction of sp³-hybridized carbons (Fsp3) is 0.417. The number of rotatable bonds is 3. The van der Waals surface area contributed by atoms with Crippen molar-refractivity contribution in [2.75, 3.05) is 5.32 Å². The summed E-state index contributed by atoms with van der Waals surface area (Å²) in [4.78, 5) is 0. The van der Waals surface area contributed by atoms with Crippen LogP contribution >= 0.6 is 0 Å². The number of anilines is 1. The summed E-state index contributed by atoms with van der Waals surface area (Å²) in [6.07, 6.45) is 0.